The summed E-state index contributed by atoms with van der Waals surface area (Å²) in [5.41, 5.74) is 0. The molecule has 1 aromatic heterocycles. The van der Waals surface area contributed by atoms with Gasteiger partial charge in [-0.15, -0.1) is 11.3 Å². The highest BCUT2D eigenvalue weighted by molar-refractivity contribution is 7.10. The Hall–Kier alpha value is -1.40. The molecule has 2 amide bonds. The van der Waals surface area contributed by atoms with Crippen molar-refractivity contribution in [3.8, 4) is 0 Å². The van der Waals surface area contributed by atoms with Crippen molar-refractivity contribution in [2.45, 2.75) is 45.2 Å². The minimum atomic E-state index is -0.233. The molecule has 0 saturated carbocycles. The molecule has 22 heavy (non-hydrogen) atoms. The van der Waals surface area contributed by atoms with Crippen LogP contribution in [0.3, 0.4) is 0 Å². The first-order valence-corrected chi connectivity index (χ1v) is 8.79. The number of carbonyl (C=O) groups is 2. The van der Waals surface area contributed by atoms with E-state index in [2.05, 4.69) is 22.5 Å². The summed E-state index contributed by atoms with van der Waals surface area (Å²) in [5.74, 6) is -0.116. The molecule has 2 N–H and O–H groups in total. The van der Waals surface area contributed by atoms with Gasteiger partial charge < -0.3 is 10.6 Å². The molecule has 0 unspecified atom stereocenters. The fourth-order valence-corrected chi connectivity index (χ4v) is 3.77. The molecule has 2 heterocycles. The SMILES string of the molecule is CCN1CCC[C@H]1CNC(=O)C[C@H](NC(C)=O)c1cccs1. The van der Waals surface area contributed by atoms with Crippen molar-refractivity contribution in [2.24, 2.45) is 0 Å². The van der Waals surface area contributed by atoms with Crippen LogP contribution in [-0.4, -0.2) is 42.4 Å². The zero-order valence-electron chi connectivity index (χ0n) is 13.3. The van der Waals surface area contributed by atoms with Gasteiger partial charge in [-0.2, -0.15) is 0 Å². The van der Waals surface area contributed by atoms with Crippen molar-refractivity contribution >= 4 is 23.2 Å². The van der Waals surface area contributed by atoms with Gasteiger partial charge >= 0.3 is 0 Å². The molecular formula is C16H25N3O2S. The number of nitrogens with zero attached hydrogens (tertiary/aromatic N) is 1. The van der Waals surface area contributed by atoms with Crippen LogP contribution in [0.25, 0.3) is 0 Å². The molecule has 1 aromatic rings. The van der Waals surface area contributed by atoms with Gasteiger partial charge in [0.25, 0.3) is 0 Å². The Balaban J connectivity index is 1.84. The summed E-state index contributed by atoms with van der Waals surface area (Å²) in [6.07, 6.45) is 2.64. The Morgan fingerprint density at radius 2 is 2.32 bits per heavy atom. The lowest BCUT2D eigenvalue weighted by atomic mass is 10.1. The van der Waals surface area contributed by atoms with E-state index >= 15 is 0 Å². The van der Waals surface area contributed by atoms with E-state index in [1.54, 1.807) is 11.3 Å². The van der Waals surface area contributed by atoms with Crippen LogP contribution < -0.4 is 10.6 Å². The second kappa shape index (κ2) is 8.29. The molecule has 0 radical (unpaired) electrons. The maximum Gasteiger partial charge on any atom is 0.222 e. The summed E-state index contributed by atoms with van der Waals surface area (Å²) in [6.45, 7) is 6.49. The summed E-state index contributed by atoms with van der Waals surface area (Å²) in [7, 11) is 0. The molecule has 1 fully saturated rings. The van der Waals surface area contributed by atoms with Crippen molar-refractivity contribution < 1.29 is 9.59 Å². The Kier molecular flexibility index (Phi) is 6.39. The Labute approximate surface area is 136 Å². The molecule has 1 aliphatic rings. The molecule has 1 aliphatic heterocycles. The van der Waals surface area contributed by atoms with Gasteiger partial charge in [-0.05, 0) is 37.4 Å². The lowest BCUT2D eigenvalue weighted by Gasteiger charge is -2.23. The maximum absolute atomic E-state index is 12.2. The summed E-state index contributed by atoms with van der Waals surface area (Å²) in [6, 6.07) is 4.11. The van der Waals surface area contributed by atoms with E-state index in [9.17, 15) is 9.59 Å². The molecule has 0 aliphatic carbocycles. The molecule has 6 heteroatoms. The number of rotatable bonds is 7. The second-order valence-electron chi connectivity index (χ2n) is 5.70. The smallest absolute Gasteiger partial charge is 0.222 e. The molecule has 5 nitrogen and oxygen atoms in total. The normalized spacial score (nSPS) is 19.8. The van der Waals surface area contributed by atoms with Crippen LogP contribution in [0.15, 0.2) is 17.5 Å². The minimum absolute atomic E-state index is 0.00453. The Bertz CT molecular complexity index is 490. The van der Waals surface area contributed by atoms with E-state index in [0.29, 0.717) is 19.0 Å². The number of carbonyl (C=O) groups excluding carboxylic acids is 2. The average molecular weight is 323 g/mol. The number of nitrogens with one attached hydrogen (secondary N) is 2. The molecule has 2 atom stereocenters. The number of likely N-dealkylation sites (N-methyl/N-ethyl adjacent to an activating group) is 1. The van der Waals surface area contributed by atoms with Crippen LogP contribution in [0.5, 0.6) is 0 Å². The van der Waals surface area contributed by atoms with Gasteiger partial charge in [-0.25, -0.2) is 0 Å². The van der Waals surface area contributed by atoms with Crippen LogP contribution in [0.4, 0.5) is 0 Å². The third kappa shape index (κ3) is 4.81. The minimum Gasteiger partial charge on any atom is -0.354 e. The summed E-state index contributed by atoms with van der Waals surface area (Å²) >= 11 is 1.56. The van der Waals surface area contributed by atoms with Crippen molar-refractivity contribution in [1.82, 2.24) is 15.5 Å². The maximum atomic E-state index is 12.2. The highest BCUT2D eigenvalue weighted by Crippen LogP contribution is 2.22. The van der Waals surface area contributed by atoms with Crippen LogP contribution in [-0.2, 0) is 9.59 Å². The third-order valence-electron chi connectivity index (χ3n) is 4.09. The van der Waals surface area contributed by atoms with Crippen molar-refractivity contribution in [2.75, 3.05) is 19.6 Å². The quantitative estimate of drug-likeness (QED) is 0.806. The zero-order chi connectivity index (χ0) is 15.9. The lowest BCUT2D eigenvalue weighted by molar-refractivity contribution is -0.122. The molecule has 2 rings (SSSR count). The molecule has 0 spiro atoms. The van der Waals surface area contributed by atoms with Crippen LogP contribution in [0.1, 0.15) is 44.0 Å². The third-order valence-corrected chi connectivity index (χ3v) is 5.08. The lowest BCUT2D eigenvalue weighted by Crippen LogP contribution is -2.41. The van der Waals surface area contributed by atoms with Gasteiger partial charge in [0.2, 0.25) is 11.8 Å². The van der Waals surface area contributed by atoms with Crippen LogP contribution in [0.2, 0.25) is 0 Å². The molecule has 0 aromatic carbocycles. The number of thiophene rings is 1. The monoisotopic (exact) mass is 323 g/mol. The predicted octanol–water partition coefficient (Wildman–Crippen LogP) is 1.92. The Morgan fingerprint density at radius 1 is 1.50 bits per heavy atom. The molecule has 0 bridgehead atoms. The first-order chi connectivity index (χ1) is 10.6. The van der Waals surface area contributed by atoms with E-state index in [0.717, 1.165) is 24.4 Å². The van der Waals surface area contributed by atoms with Crippen molar-refractivity contribution in [3.05, 3.63) is 22.4 Å². The number of hydrogen-bond acceptors (Lipinski definition) is 4. The standard InChI is InChI=1S/C16H25N3O2S/c1-3-19-8-4-6-13(19)11-17-16(21)10-14(18-12(2)20)15-7-5-9-22-15/h5,7,9,13-14H,3-4,6,8,10-11H2,1-2H3,(H,17,21)(H,18,20)/t13-,14-/m0/s1. The largest absolute Gasteiger partial charge is 0.354 e. The fraction of sp³-hybridized carbons (Fsp3) is 0.625. The topological polar surface area (TPSA) is 61.4 Å². The van der Waals surface area contributed by atoms with Crippen LogP contribution >= 0.6 is 11.3 Å². The highest BCUT2D eigenvalue weighted by atomic mass is 32.1. The Morgan fingerprint density at radius 3 is 2.95 bits per heavy atom. The van der Waals surface area contributed by atoms with Gasteiger partial charge in [0, 0.05) is 24.4 Å². The first-order valence-electron chi connectivity index (χ1n) is 7.91. The number of amides is 2. The summed E-state index contributed by atoms with van der Waals surface area (Å²) in [4.78, 5) is 27.0. The predicted molar refractivity (Wildman–Crippen MR) is 88.8 cm³/mol. The van der Waals surface area contributed by atoms with Crippen LogP contribution in [0, 0.1) is 0 Å². The number of likely N-dealkylation sites (tertiary alicyclic amines) is 1. The van der Waals surface area contributed by atoms with Gasteiger partial charge in [-0.3, -0.25) is 14.5 Å². The van der Waals surface area contributed by atoms with E-state index in [1.165, 1.54) is 13.3 Å². The zero-order valence-corrected chi connectivity index (χ0v) is 14.1. The molecular weight excluding hydrogens is 298 g/mol. The highest BCUT2D eigenvalue weighted by Gasteiger charge is 2.24. The molecule has 122 valence electrons. The summed E-state index contributed by atoms with van der Waals surface area (Å²) in [5, 5.41) is 7.85. The molecule has 1 saturated heterocycles. The van der Waals surface area contributed by atoms with E-state index in [1.807, 2.05) is 17.5 Å². The van der Waals surface area contributed by atoms with Crippen molar-refractivity contribution in [3.63, 3.8) is 0 Å². The van der Waals surface area contributed by atoms with Gasteiger partial charge in [0.15, 0.2) is 0 Å². The second-order valence-corrected chi connectivity index (χ2v) is 6.68. The average Bonchev–Trinajstić information content (AvgIpc) is 3.15. The van der Waals surface area contributed by atoms with E-state index in [-0.39, 0.29) is 17.9 Å². The van der Waals surface area contributed by atoms with Crippen molar-refractivity contribution in [1.29, 1.82) is 0 Å². The van der Waals surface area contributed by atoms with E-state index in [4.69, 9.17) is 0 Å². The van der Waals surface area contributed by atoms with E-state index < -0.39 is 0 Å². The van der Waals surface area contributed by atoms with Gasteiger partial charge in [-0.1, -0.05) is 13.0 Å². The van der Waals surface area contributed by atoms with Gasteiger partial charge in [0.05, 0.1) is 12.5 Å². The fourth-order valence-electron chi connectivity index (χ4n) is 2.99. The van der Waals surface area contributed by atoms with Gasteiger partial charge in [0.1, 0.15) is 0 Å². The first kappa shape index (κ1) is 17.0. The number of hydrogen-bond donors (Lipinski definition) is 2. The summed E-state index contributed by atoms with van der Waals surface area (Å²) < 4.78 is 0.